The summed E-state index contributed by atoms with van der Waals surface area (Å²) in [6, 6.07) is 0. The fraction of sp³-hybridized carbons (Fsp3) is 0.667. The maximum atomic E-state index is 12.2. The number of esters is 1. The average Bonchev–Trinajstić information content (AvgIpc) is 2.74. The van der Waals surface area contributed by atoms with Crippen LogP contribution in [0, 0.1) is 0 Å². The van der Waals surface area contributed by atoms with Crippen molar-refractivity contribution in [1.82, 2.24) is 9.78 Å². The Balaban J connectivity index is 2.09. The summed E-state index contributed by atoms with van der Waals surface area (Å²) in [5.41, 5.74) is -0.182. The minimum atomic E-state index is -3.61. The van der Waals surface area contributed by atoms with E-state index in [1.54, 1.807) is 7.05 Å². The maximum absolute atomic E-state index is 12.2. The van der Waals surface area contributed by atoms with Crippen molar-refractivity contribution < 1.29 is 22.7 Å². The molecule has 0 bridgehead atoms. The minimum absolute atomic E-state index is 0.107. The summed E-state index contributed by atoms with van der Waals surface area (Å²) in [6.45, 7) is 0.127. The van der Waals surface area contributed by atoms with Crippen LogP contribution in [0.5, 0.6) is 0 Å². The van der Waals surface area contributed by atoms with Crippen molar-refractivity contribution in [3.8, 4) is 0 Å². The second kappa shape index (κ2) is 5.92. The molecule has 8 heteroatoms. The zero-order chi connectivity index (χ0) is 14.8. The van der Waals surface area contributed by atoms with E-state index in [2.05, 4.69) is 9.84 Å². The largest absolute Gasteiger partial charge is 0.464 e. The molecule has 112 valence electrons. The van der Waals surface area contributed by atoms with E-state index < -0.39 is 15.8 Å². The lowest BCUT2D eigenvalue weighted by molar-refractivity contribution is 0.0110. The van der Waals surface area contributed by atoms with Crippen molar-refractivity contribution in [2.45, 2.75) is 30.3 Å². The molecule has 0 amide bonds. The first-order valence-corrected chi connectivity index (χ1v) is 8.05. The van der Waals surface area contributed by atoms with E-state index in [1.807, 2.05) is 0 Å². The molecule has 1 aliphatic carbocycles. The van der Waals surface area contributed by atoms with Gasteiger partial charge in [0.05, 0.1) is 25.6 Å². The second-order valence-corrected chi connectivity index (χ2v) is 6.83. The van der Waals surface area contributed by atoms with Gasteiger partial charge in [-0.05, 0) is 19.3 Å². The van der Waals surface area contributed by atoms with Gasteiger partial charge in [-0.15, -0.1) is 0 Å². The number of carbonyl (C=O) groups excluding carboxylic acids is 1. The molecule has 1 heterocycles. The predicted molar refractivity (Wildman–Crippen MR) is 70.2 cm³/mol. The third-order valence-corrected chi connectivity index (χ3v) is 4.94. The van der Waals surface area contributed by atoms with Crippen LogP contribution in [0.3, 0.4) is 0 Å². The average molecular weight is 302 g/mol. The van der Waals surface area contributed by atoms with Crippen molar-refractivity contribution in [2.75, 3.05) is 19.5 Å². The Hall–Kier alpha value is -1.41. The zero-order valence-corrected chi connectivity index (χ0v) is 12.4. The molecule has 1 aromatic heterocycles. The summed E-state index contributed by atoms with van der Waals surface area (Å²) >= 11 is 0. The summed E-state index contributed by atoms with van der Waals surface area (Å²) in [5, 5.41) is 3.84. The Bertz CT molecular complexity index is 589. The fourth-order valence-electron chi connectivity index (χ4n) is 1.90. The summed E-state index contributed by atoms with van der Waals surface area (Å²) in [4.78, 5) is 11.4. The third kappa shape index (κ3) is 3.18. The molecule has 20 heavy (non-hydrogen) atoms. The van der Waals surface area contributed by atoms with Crippen LogP contribution in [0.15, 0.2) is 11.1 Å². The third-order valence-electron chi connectivity index (χ3n) is 3.27. The molecule has 1 aliphatic rings. The Morgan fingerprint density at radius 2 is 2.20 bits per heavy atom. The van der Waals surface area contributed by atoms with Gasteiger partial charge in [0.25, 0.3) is 0 Å². The lowest BCUT2D eigenvalue weighted by Gasteiger charge is -2.25. The molecule has 7 nitrogen and oxygen atoms in total. The summed E-state index contributed by atoms with van der Waals surface area (Å²) < 4.78 is 35.7. The van der Waals surface area contributed by atoms with E-state index in [0.29, 0.717) is 0 Å². The van der Waals surface area contributed by atoms with Crippen LogP contribution >= 0.6 is 0 Å². The van der Waals surface area contributed by atoms with Crippen LogP contribution in [0.2, 0.25) is 0 Å². The number of sulfone groups is 1. The van der Waals surface area contributed by atoms with Crippen molar-refractivity contribution in [2.24, 2.45) is 7.05 Å². The van der Waals surface area contributed by atoms with Crippen molar-refractivity contribution in [1.29, 1.82) is 0 Å². The normalized spacial score (nSPS) is 15.9. The van der Waals surface area contributed by atoms with Crippen LogP contribution in [0.25, 0.3) is 0 Å². The number of rotatable bonds is 6. The molecule has 0 aliphatic heterocycles. The van der Waals surface area contributed by atoms with Crippen molar-refractivity contribution >= 4 is 15.8 Å². The second-order valence-electron chi connectivity index (χ2n) is 4.75. The number of aromatic nitrogens is 2. The van der Waals surface area contributed by atoms with Gasteiger partial charge < -0.3 is 9.47 Å². The van der Waals surface area contributed by atoms with Crippen LogP contribution in [0.1, 0.15) is 29.8 Å². The van der Waals surface area contributed by atoms with Gasteiger partial charge in [0.1, 0.15) is 4.90 Å². The molecule has 0 saturated heterocycles. The van der Waals surface area contributed by atoms with Gasteiger partial charge in [0.15, 0.2) is 15.5 Å². The number of methoxy groups -OCH3 is 1. The number of carbonyl (C=O) groups is 1. The number of aryl methyl sites for hydroxylation is 1. The molecule has 0 spiro atoms. The monoisotopic (exact) mass is 302 g/mol. The predicted octanol–water partition coefficient (Wildman–Crippen LogP) is 0.549. The molecule has 2 rings (SSSR count). The van der Waals surface area contributed by atoms with E-state index in [4.69, 9.17) is 4.74 Å². The van der Waals surface area contributed by atoms with E-state index >= 15 is 0 Å². The smallest absolute Gasteiger partial charge is 0.359 e. The topological polar surface area (TPSA) is 87.5 Å². The van der Waals surface area contributed by atoms with Gasteiger partial charge in [-0.3, -0.25) is 4.68 Å². The molecular formula is C12H18N2O5S. The summed E-state index contributed by atoms with van der Waals surface area (Å²) in [5.74, 6) is -0.928. The van der Waals surface area contributed by atoms with Crippen molar-refractivity contribution in [3.05, 3.63) is 11.9 Å². The highest BCUT2D eigenvalue weighted by atomic mass is 32.2. The molecule has 0 unspecified atom stereocenters. The van der Waals surface area contributed by atoms with Crippen LogP contribution < -0.4 is 0 Å². The molecule has 0 atom stereocenters. The molecule has 0 aromatic carbocycles. The molecule has 1 aromatic rings. The van der Waals surface area contributed by atoms with E-state index in [9.17, 15) is 13.2 Å². The number of hydrogen-bond donors (Lipinski definition) is 0. The van der Waals surface area contributed by atoms with Crippen molar-refractivity contribution in [3.63, 3.8) is 0 Å². The van der Waals surface area contributed by atoms with Gasteiger partial charge in [0, 0.05) is 13.2 Å². The Kier molecular flexibility index (Phi) is 4.44. The van der Waals surface area contributed by atoms with E-state index in [0.717, 1.165) is 19.3 Å². The van der Waals surface area contributed by atoms with Gasteiger partial charge in [0.2, 0.25) is 0 Å². The number of nitrogens with zero attached hydrogens (tertiary/aromatic N) is 2. The fourth-order valence-corrected chi connectivity index (χ4v) is 3.17. The zero-order valence-electron chi connectivity index (χ0n) is 11.5. The lowest BCUT2D eigenvalue weighted by atomic mass is 9.96. The quantitative estimate of drug-likeness (QED) is 0.713. The van der Waals surface area contributed by atoms with Crippen LogP contribution in [0.4, 0.5) is 0 Å². The first-order valence-electron chi connectivity index (χ1n) is 6.40. The first kappa shape index (κ1) is 15.0. The van der Waals surface area contributed by atoms with E-state index in [-0.39, 0.29) is 29.1 Å². The Morgan fingerprint density at radius 1 is 1.50 bits per heavy atom. The van der Waals surface area contributed by atoms with E-state index in [1.165, 1.54) is 18.0 Å². The minimum Gasteiger partial charge on any atom is -0.464 e. The highest BCUT2D eigenvalue weighted by Crippen LogP contribution is 2.22. The van der Waals surface area contributed by atoms with Crippen LogP contribution in [-0.4, -0.2) is 49.7 Å². The van der Waals surface area contributed by atoms with Crippen LogP contribution in [-0.2, 0) is 26.4 Å². The van der Waals surface area contributed by atoms with Gasteiger partial charge in [-0.1, -0.05) is 0 Å². The molecule has 1 saturated carbocycles. The van der Waals surface area contributed by atoms with Gasteiger partial charge in [-0.25, -0.2) is 13.2 Å². The molecule has 0 N–H and O–H groups in total. The highest BCUT2D eigenvalue weighted by Gasteiger charge is 2.27. The molecule has 0 radical (unpaired) electrons. The SMILES string of the molecule is COC(=O)c1nn(C)cc1S(=O)(=O)CCOC1CCC1. The maximum Gasteiger partial charge on any atom is 0.359 e. The highest BCUT2D eigenvalue weighted by molar-refractivity contribution is 7.91. The van der Waals surface area contributed by atoms with Gasteiger partial charge >= 0.3 is 5.97 Å². The molecule has 1 fully saturated rings. The number of ether oxygens (including phenoxy) is 2. The first-order chi connectivity index (χ1) is 9.44. The standard InChI is InChI=1S/C12H18N2O5S/c1-14-8-10(11(13-14)12(15)18-2)20(16,17)7-6-19-9-4-3-5-9/h8-9H,3-7H2,1-2H3. The summed E-state index contributed by atoms with van der Waals surface area (Å²) in [7, 11) is -0.875. The number of hydrogen-bond acceptors (Lipinski definition) is 6. The Morgan fingerprint density at radius 3 is 2.75 bits per heavy atom. The van der Waals surface area contributed by atoms with Gasteiger partial charge in [-0.2, -0.15) is 5.10 Å². The summed E-state index contributed by atoms with van der Waals surface area (Å²) in [6.07, 6.45) is 4.59. The molecular weight excluding hydrogens is 284 g/mol. The Labute approximate surface area is 117 Å². The lowest BCUT2D eigenvalue weighted by Crippen LogP contribution is -2.25.